The highest BCUT2D eigenvalue weighted by atomic mass is 16.2. The van der Waals surface area contributed by atoms with Crippen LogP contribution in [0.25, 0.3) is 10.9 Å². The van der Waals surface area contributed by atoms with E-state index in [1.54, 1.807) is 11.0 Å². The number of H-pyrrole nitrogens is 1. The molecule has 0 saturated carbocycles. The van der Waals surface area contributed by atoms with E-state index in [9.17, 15) is 4.79 Å². The summed E-state index contributed by atoms with van der Waals surface area (Å²) < 4.78 is 0. The van der Waals surface area contributed by atoms with Crippen molar-refractivity contribution in [2.75, 3.05) is 23.3 Å². The van der Waals surface area contributed by atoms with Gasteiger partial charge in [0.15, 0.2) is 0 Å². The molecule has 1 aliphatic rings. The van der Waals surface area contributed by atoms with Crippen molar-refractivity contribution < 1.29 is 4.79 Å². The van der Waals surface area contributed by atoms with E-state index in [0.29, 0.717) is 18.1 Å². The Morgan fingerprint density at radius 1 is 1.10 bits per heavy atom. The zero-order chi connectivity index (χ0) is 19.6. The first-order chi connectivity index (χ1) is 14.3. The molecule has 1 amide bonds. The number of anilines is 2. The lowest BCUT2D eigenvalue weighted by Crippen LogP contribution is -2.29. The van der Waals surface area contributed by atoms with Gasteiger partial charge in [0.2, 0.25) is 0 Å². The van der Waals surface area contributed by atoms with Gasteiger partial charge < -0.3 is 15.2 Å². The van der Waals surface area contributed by atoms with E-state index < -0.39 is 0 Å². The van der Waals surface area contributed by atoms with Gasteiger partial charge in [0, 0.05) is 41.9 Å². The molecule has 1 aliphatic heterocycles. The smallest absolute Gasteiger partial charge is 0.277 e. The minimum atomic E-state index is -0.0861. The van der Waals surface area contributed by atoms with Crippen molar-refractivity contribution in [3.63, 3.8) is 0 Å². The summed E-state index contributed by atoms with van der Waals surface area (Å²) in [6, 6.07) is 18.0. The molecule has 0 atom stereocenters. The summed E-state index contributed by atoms with van der Waals surface area (Å²) >= 11 is 0. The predicted molar refractivity (Wildman–Crippen MR) is 114 cm³/mol. The number of nitrogens with zero attached hydrogens (tertiary/aromatic N) is 3. The summed E-state index contributed by atoms with van der Waals surface area (Å²) in [5.41, 5.74) is 4.98. The van der Waals surface area contributed by atoms with Crippen molar-refractivity contribution in [1.82, 2.24) is 15.0 Å². The zero-order valence-corrected chi connectivity index (χ0v) is 15.9. The number of carbonyl (C=O) groups excluding carboxylic acids is 1. The average molecular weight is 383 g/mol. The van der Waals surface area contributed by atoms with Crippen LogP contribution in [0.5, 0.6) is 0 Å². The van der Waals surface area contributed by atoms with Crippen molar-refractivity contribution in [2.45, 2.75) is 12.8 Å². The lowest BCUT2D eigenvalue weighted by molar-refractivity contribution is 0.0984. The molecule has 3 heterocycles. The molecular formula is C23H21N5O. The highest BCUT2D eigenvalue weighted by Crippen LogP contribution is 2.28. The second-order valence-electron chi connectivity index (χ2n) is 7.16. The average Bonchev–Trinajstić information content (AvgIpc) is 3.38. The van der Waals surface area contributed by atoms with Crippen LogP contribution in [0.3, 0.4) is 0 Å². The monoisotopic (exact) mass is 383 g/mol. The van der Waals surface area contributed by atoms with Gasteiger partial charge in [-0.05, 0) is 36.1 Å². The fourth-order valence-electron chi connectivity index (χ4n) is 3.92. The number of carbonyl (C=O) groups is 1. The van der Waals surface area contributed by atoms with Gasteiger partial charge in [-0.3, -0.25) is 4.79 Å². The molecule has 0 fully saturated rings. The summed E-state index contributed by atoms with van der Waals surface area (Å²) in [4.78, 5) is 26.5. The molecule has 0 unspecified atom stereocenters. The fourth-order valence-corrected chi connectivity index (χ4v) is 3.92. The molecule has 6 heteroatoms. The fraction of sp³-hybridized carbons (Fsp3) is 0.174. The number of nitrogens with one attached hydrogen (secondary N) is 2. The summed E-state index contributed by atoms with van der Waals surface area (Å²) in [5, 5.41) is 4.55. The van der Waals surface area contributed by atoms with Gasteiger partial charge in [-0.1, -0.05) is 36.4 Å². The Kier molecular flexibility index (Phi) is 4.44. The molecule has 2 aromatic heterocycles. The van der Waals surface area contributed by atoms with Gasteiger partial charge >= 0.3 is 0 Å². The lowest BCUT2D eigenvalue weighted by Gasteiger charge is -2.17. The number of fused-ring (bicyclic) bond motifs is 2. The number of rotatable bonds is 5. The third-order valence-electron chi connectivity index (χ3n) is 5.39. The van der Waals surface area contributed by atoms with E-state index in [2.05, 4.69) is 38.5 Å². The SMILES string of the molecule is O=C(c1cc(NCCc2c[nH]c3ccccc23)ncn1)N1CCc2ccccc21. The zero-order valence-electron chi connectivity index (χ0n) is 15.9. The molecule has 0 spiro atoms. The van der Waals surface area contributed by atoms with Crippen molar-refractivity contribution in [3.8, 4) is 0 Å². The van der Waals surface area contributed by atoms with Crippen molar-refractivity contribution in [2.24, 2.45) is 0 Å². The summed E-state index contributed by atoms with van der Waals surface area (Å²) in [6.45, 7) is 1.41. The van der Waals surface area contributed by atoms with Crippen LogP contribution in [-0.2, 0) is 12.8 Å². The molecular weight excluding hydrogens is 362 g/mol. The van der Waals surface area contributed by atoms with Gasteiger partial charge in [0.25, 0.3) is 5.91 Å². The van der Waals surface area contributed by atoms with E-state index in [-0.39, 0.29) is 5.91 Å². The maximum absolute atomic E-state index is 13.0. The molecule has 2 aromatic carbocycles. The Labute approximate surface area is 168 Å². The van der Waals surface area contributed by atoms with E-state index >= 15 is 0 Å². The third-order valence-corrected chi connectivity index (χ3v) is 5.39. The Hall–Kier alpha value is -3.67. The van der Waals surface area contributed by atoms with Gasteiger partial charge in [-0.15, -0.1) is 0 Å². The van der Waals surface area contributed by atoms with Crippen LogP contribution < -0.4 is 10.2 Å². The standard InChI is InChI=1S/C23H21N5O/c29-23(28-12-10-16-5-1-4-8-21(16)28)20-13-22(27-15-26-20)24-11-9-17-14-25-19-7-3-2-6-18(17)19/h1-8,13-15,25H,9-12H2,(H,24,26,27). The largest absolute Gasteiger partial charge is 0.370 e. The molecule has 29 heavy (non-hydrogen) atoms. The van der Waals surface area contributed by atoms with Crippen LogP contribution in [0.15, 0.2) is 67.1 Å². The normalized spacial score (nSPS) is 12.9. The Balaban J connectivity index is 1.27. The number of hydrogen-bond donors (Lipinski definition) is 2. The minimum absolute atomic E-state index is 0.0861. The highest BCUT2D eigenvalue weighted by molar-refractivity contribution is 6.06. The lowest BCUT2D eigenvalue weighted by atomic mass is 10.1. The minimum Gasteiger partial charge on any atom is -0.370 e. The van der Waals surface area contributed by atoms with Crippen LogP contribution in [0.4, 0.5) is 11.5 Å². The Morgan fingerprint density at radius 2 is 1.97 bits per heavy atom. The van der Waals surface area contributed by atoms with Gasteiger partial charge in [-0.2, -0.15) is 0 Å². The third kappa shape index (κ3) is 3.33. The molecule has 4 aromatic rings. The van der Waals surface area contributed by atoms with Gasteiger partial charge in [0.05, 0.1) is 0 Å². The van der Waals surface area contributed by atoms with Crippen molar-refractivity contribution in [1.29, 1.82) is 0 Å². The molecule has 6 nitrogen and oxygen atoms in total. The topological polar surface area (TPSA) is 73.9 Å². The molecule has 5 rings (SSSR count). The summed E-state index contributed by atoms with van der Waals surface area (Å²) in [5.74, 6) is 0.577. The first kappa shape index (κ1) is 17.4. The van der Waals surface area contributed by atoms with Crippen LogP contribution in [0, 0.1) is 0 Å². The molecule has 0 saturated heterocycles. The summed E-state index contributed by atoms with van der Waals surface area (Å²) in [6.07, 6.45) is 5.23. The molecule has 144 valence electrons. The molecule has 0 radical (unpaired) electrons. The molecule has 0 bridgehead atoms. The number of aromatic amines is 1. The van der Waals surface area contributed by atoms with Crippen LogP contribution >= 0.6 is 0 Å². The maximum Gasteiger partial charge on any atom is 0.277 e. The second kappa shape index (κ2) is 7.39. The Bertz CT molecular complexity index is 1180. The maximum atomic E-state index is 13.0. The number of para-hydroxylation sites is 2. The molecule has 0 aliphatic carbocycles. The number of benzene rings is 2. The first-order valence-corrected chi connectivity index (χ1v) is 9.80. The number of hydrogen-bond acceptors (Lipinski definition) is 4. The van der Waals surface area contributed by atoms with Crippen molar-refractivity contribution in [3.05, 3.63) is 83.9 Å². The molecule has 2 N–H and O–H groups in total. The Morgan fingerprint density at radius 3 is 2.93 bits per heavy atom. The summed E-state index contributed by atoms with van der Waals surface area (Å²) in [7, 11) is 0. The van der Waals surface area contributed by atoms with Crippen LogP contribution in [0.1, 0.15) is 21.6 Å². The number of aromatic nitrogens is 3. The van der Waals surface area contributed by atoms with Gasteiger partial charge in [-0.25, -0.2) is 9.97 Å². The van der Waals surface area contributed by atoms with E-state index in [1.807, 2.05) is 36.5 Å². The number of amides is 1. The van der Waals surface area contributed by atoms with Crippen LogP contribution in [-0.4, -0.2) is 33.9 Å². The second-order valence-corrected chi connectivity index (χ2v) is 7.16. The van der Waals surface area contributed by atoms with Crippen molar-refractivity contribution >= 4 is 28.3 Å². The van der Waals surface area contributed by atoms with E-state index in [0.717, 1.165) is 30.6 Å². The van der Waals surface area contributed by atoms with E-state index in [4.69, 9.17) is 0 Å². The first-order valence-electron chi connectivity index (χ1n) is 9.80. The van der Waals surface area contributed by atoms with E-state index in [1.165, 1.54) is 22.8 Å². The predicted octanol–water partition coefficient (Wildman–Crippen LogP) is 3.82. The highest BCUT2D eigenvalue weighted by Gasteiger charge is 2.26. The van der Waals surface area contributed by atoms with Crippen LogP contribution in [0.2, 0.25) is 0 Å². The quantitative estimate of drug-likeness (QED) is 0.550. The van der Waals surface area contributed by atoms with Gasteiger partial charge in [0.1, 0.15) is 17.8 Å².